The third-order valence-corrected chi connectivity index (χ3v) is 5.89. The molecule has 1 aliphatic heterocycles. The minimum absolute atomic E-state index is 0.0545. The average Bonchev–Trinajstić information content (AvgIpc) is 3.42. The summed E-state index contributed by atoms with van der Waals surface area (Å²) in [5, 5.41) is 8.79. The third kappa shape index (κ3) is 7.17. The van der Waals surface area contributed by atoms with Crippen molar-refractivity contribution in [1.29, 1.82) is 0 Å². The normalized spacial score (nSPS) is 12.7. The molecule has 0 radical (unpaired) electrons. The van der Waals surface area contributed by atoms with Crippen LogP contribution in [0.1, 0.15) is 35.2 Å². The van der Waals surface area contributed by atoms with Crippen LogP contribution < -0.4 is 16.0 Å². The lowest BCUT2D eigenvalue weighted by Gasteiger charge is -2.15. The van der Waals surface area contributed by atoms with Gasteiger partial charge in [0, 0.05) is 42.1 Å². The largest absolute Gasteiger partial charge is 0.376 e. The van der Waals surface area contributed by atoms with Crippen LogP contribution in [0.3, 0.4) is 0 Å². The van der Waals surface area contributed by atoms with Gasteiger partial charge in [0.05, 0.1) is 6.54 Å². The van der Waals surface area contributed by atoms with Crippen LogP contribution >= 0.6 is 0 Å². The van der Waals surface area contributed by atoms with Crippen LogP contribution in [0.25, 0.3) is 0 Å². The molecule has 0 saturated carbocycles. The van der Waals surface area contributed by atoms with Crippen molar-refractivity contribution in [2.24, 2.45) is 0 Å². The van der Waals surface area contributed by atoms with Gasteiger partial charge in [-0.2, -0.15) is 0 Å². The summed E-state index contributed by atoms with van der Waals surface area (Å²) in [6, 6.07) is 24.1. The molecule has 0 bridgehead atoms. The Labute approximate surface area is 205 Å². The van der Waals surface area contributed by atoms with Crippen LogP contribution in [0.5, 0.6) is 0 Å². The fraction of sp³-hybridized carbons (Fsp3) is 0.250. The highest BCUT2D eigenvalue weighted by molar-refractivity contribution is 5.96. The molecular formula is C28H30N4O3. The number of likely N-dealkylation sites (tertiary alicyclic amines) is 1. The number of anilines is 3. The van der Waals surface area contributed by atoms with Gasteiger partial charge in [0.1, 0.15) is 0 Å². The Kier molecular flexibility index (Phi) is 8.12. The Balaban J connectivity index is 1.22. The van der Waals surface area contributed by atoms with Crippen molar-refractivity contribution in [2.45, 2.75) is 25.7 Å². The lowest BCUT2D eigenvalue weighted by Crippen LogP contribution is -2.27. The zero-order valence-electron chi connectivity index (χ0n) is 19.6. The molecule has 1 aliphatic rings. The predicted molar refractivity (Wildman–Crippen MR) is 139 cm³/mol. The lowest BCUT2D eigenvalue weighted by atomic mass is 10.1. The number of carbonyl (C=O) groups excluding carboxylic acids is 3. The number of amides is 3. The van der Waals surface area contributed by atoms with Crippen molar-refractivity contribution in [3.63, 3.8) is 0 Å². The zero-order chi connectivity index (χ0) is 24.5. The molecule has 0 spiro atoms. The van der Waals surface area contributed by atoms with E-state index >= 15 is 0 Å². The molecule has 3 N–H and O–H groups in total. The maximum Gasteiger partial charge on any atom is 0.253 e. The fourth-order valence-electron chi connectivity index (χ4n) is 4.02. The summed E-state index contributed by atoms with van der Waals surface area (Å²) in [7, 11) is 0. The second-order valence-electron chi connectivity index (χ2n) is 8.59. The van der Waals surface area contributed by atoms with Gasteiger partial charge in [-0.1, -0.05) is 36.4 Å². The first kappa shape index (κ1) is 24.0. The molecular weight excluding hydrogens is 440 g/mol. The number of hydrogen-bond acceptors (Lipinski definition) is 4. The number of nitrogens with one attached hydrogen (secondary N) is 3. The van der Waals surface area contributed by atoms with Gasteiger partial charge < -0.3 is 20.9 Å². The van der Waals surface area contributed by atoms with Gasteiger partial charge in [0.2, 0.25) is 11.8 Å². The quantitative estimate of drug-likeness (QED) is 0.428. The topological polar surface area (TPSA) is 90.5 Å². The summed E-state index contributed by atoms with van der Waals surface area (Å²) in [6.45, 7) is 1.71. The molecule has 3 aromatic rings. The first-order valence-corrected chi connectivity index (χ1v) is 11.9. The van der Waals surface area contributed by atoms with E-state index in [4.69, 9.17) is 0 Å². The maximum absolute atomic E-state index is 12.4. The lowest BCUT2D eigenvalue weighted by molar-refractivity contribution is -0.116. The molecule has 3 amide bonds. The molecule has 1 saturated heterocycles. The van der Waals surface area contributed by atoms with Crippen LogP contribution in [-0.2, 0) is 16.0 Å². The van der Waals surface area contributed by atoms with E-state index in [2.05, 4.69) is 16.0 Å². The summed E-state index contributed by atoms with van der Waals surface area (Å²) in [5.41, 5.74) is 3.77. The predicted octanol–water partition coefficient (Wildman–Crippen LogP) is 4.54. The van der Waals surface area contributed by atoms with Gasteiger partial charge >= 0.3 is 0 Å². The molecule has 0 aromatic heterocycles. The highest BCUT2D eigenvalue weighted by Crippen LogP contribution is 2.17. The average molecular weight is 471 g/mol. The minimum atomic E-state index is -0.213. The number of aryl methyl sites for hydroxylation is 1. The van der Waals surface area contributed by atoms with Gasteiger partial charge in [0.25, 0.3) is 5.91 Å². The molecule has 180 valence electrons. The SMILES string of the molecule is O=C(CCc1ccccc1)Nc1cccc(NC(=O)CNc2ccc(C(=O)N3CCCC3)cc2)c1. The monoisotopic (exact) mass is 470 g/mol. The van der Waals surface area contributed by atoms with Gasteiger partial charge in [-0.25, -0.2) is 0 Å². The standard InChI is InChI=1S/C28H30N4O3/c33-26(16-11-21-7-2-1-3-8-21)30-24-9-6-10-25(19-24)31-27(34)20-29-23-14-12-22(13-15-23)28(35)32-17-4-5-18-32/h1-3,6-10,12-15,19,29H,4-5,11,16-18,20H2,(H,30,33)(H,31,34). The molecule has 0 unspecified atom stereocenters. The zero-order valence-corrected chi connectivity index (χ0v) is 19.6. The summed E-state index contributed by atoms with van der Waals surface area (Å²) < 4.78 is 0. The Morgan fingerprint density at radius 3 is 2.06 bits per heavy atom. The number of benzene rings is 3. The number of hydrogen-bond donors (Lipinski definition) is 3. The van der Waals surface area contributed by atoms with Crippen molar-refractivity contribution >= 4 is 34.8 Å². The highest BCUT2D eigenvalue weighted by Gasteiger charge is 2.19. The van der Waals surface area contributed by atoms with E-state index in [9.17, 15) is 14.4 Å². The molecule has 1 heterocycles. The molecule has 0 aliphatic carbocycles. The highest BCUT2D eigenvalue weighted by atomic mass is 16.2. The van der Waals surface area contributed by atoms with E-state index in [1.165, 1.54) is 0 Å². The number of rotatable bonds is 9. The van der Waals surface area contributed by atoms with Crippen LogP contribution in [0.2, 0.25) is 0 Å². The molecule has 3 aromatic carbocycles. The van der Waals surface area contributed by atoms with Crippen molar-refractivity contribution in [3.05, 3.63) is 90.0 Å². The Morgan fingerprint density at radius 1 is 0.714 bits per heavy atom. The Bertz CT molecular complexity index is 1160. The number of carbonyl (C=O) groups is 3. The van der Waals surface area contributed by atoms with Crippen LogP contribution in [0, 0.1) is 0 Å². The van der Waals surface area contributed by atoms with Crippen molar-refractivity contribution in [1.82, 2.24) is 4.90 Å². The summed E-state index contributed by atoms with van der Waals surface area (Å²) in [6.07, 6.45) is 3.17. The fourth-order valence-corrected chi connectivity index (χ4v) is 4.02. The van der Waals surface area contributed by atoms with Crippen LogP contribution in [0.15, 0.2) is 78.9 Å². The molecule has 0 atom stereocenters. The van der Waals surface area contributed by atoms with Gasteiger partial charge in [-0.3, -0.25) is 14.4 Å². The van der Waals surface area contributed by atoms with Gasteiger partial charge in [0.15, 0.2) is 0 Å². The molecule has 35 heavy (non-hydrogen) atoms. The van der Waals surface area contributed by atoms with E-state index in [0.29, 0.717) is 29.8 Å². The smallest absolute Gasteiger partial charge is 0.253 e. The second-order valence-corrected chi connectivity index (χ2v) is 8.59. The second kappa shape index (κ2) is 11.8. The first-order chi connectivity index (χ1) is 17.1. The van der Waals surface area contributed by atoms with E-state index in [1.54, 1.807) is 36.4 Å². The molecule has 1 fully saturated rings. The first-order valence-electron chi connectivity index (χ1n) is 11.9. The van der Waals surface area contributed by atoms with Crippen LogP contribution in [0.4, 0.5) is 17.1 Å². The van der Waals surface area contributed by atoms with E-state index < -0.39 is 0 Å². The van der Waals surface area contributed by atoms with E-state index in [0.717, 1.165) is 37.2 Å². The molecule has 7 heteroatoms. The molecule has 7 nitrogen and oxygen atoms in total. The Hall–Kier alpha value is -4.13. The van der Waals surface area contributed by atoms with Crippen LogP contribution in [-0.4, -0.2) is 42.3 Å². The number of nitrogens with zero attached hydrogens (tertiary/aromatic N) is 1. The van der Waals surface area contributed by atoms with E-state index in [-0.39, 0.29) is 24.3 Å². The third-order valence-electron chi connectivity index (χ3n) is 5.89. The molecule has 4 rings (SSSR count). The van der Waals surface area contributed by atoms with Gasteiger partial charge in [-0.05, 0) is 67.3 Å². The van der Waals surface area contributed by atoms with Gasteiger partial charge in [-0.15, -0.1) is 0 Å². The Morgan fingerprint density at radius 2 is 1.37 bits per heavy atom. The van der Waals surface area contributed by atoms with E-state index in [1.807, 2.05) is 47.4 Å². The van der Waals surface area contributed by atoms with Crippen molar-refractivity contribution in [2.75, 3.05) is 35.6 Å². The van der Waals surface area contributed by atoms with Crippen molar-refractivity contribution < 1.29 is 14.4 Å². The van der Waals surface area contributed by atoms with Crippen molar-refractivity contribution in [3.8, 4) is 0 Å². The maximum atomic E-state index is 12.4. The summed E-state index contributed by atoms with van der Waals surface area (Å²) in [4.78, 5) is 39.0. The summed E-state index contributed by atoms with van der Waals surface area (Å²) >= 11 is 0. The summed E-state index contributed by atoms with van der Waals surface area (Å²) in [5.74, 6) is -0.237. The minimum Gasteiger partial charge on any atom is -0.376 e.